The fraction of sp³-hybridized carbons (Fsp3) is 0.368. The normalized spacial score (nSPS) is 16.8. The maximum absolute atomic E-state index is 6.17. The predicted octanol–water partition coefficient (Wildman–Crippen LogP) is 4.55. The predicted molar refractivity (Wildman–Crippen MR) is 90.2 cm³/mol. The van der Waals surface area contributed by atoms with Crippen molar-refractivity contribution in [3.8, 4) is 0 Å². The van der Waals surface area contributed by atoms with Gasteiger partial charge >= 0.3 is 0 Å². The minimum absolute atomic E-state index is 0.199. The van der Waals surface area contributed by atoms with E-state index in [0.717, 1.165) is 24.5 Å². The Morgan fingerprint density at radius 1 is 1.10 bits per heavy atom. The number of nitrogens with one attached hydrogen (secondary N) is 1. The van der Waals surface area contributed by atoms with E-state index in [1.165, 1.54) is 16.7 Å². The first-order valence-electron chi connectivity index (χ1n) is 7.65. The molecule has 0 spiro atoms. The molecule has 1 N–H and O–H groups in total. The van der Waals surface area contributed by atoms with Crippen LogP contribution in [0.25, 0.3) is 0 Å². The molecule has 1 saturated heterocycles. The van der Waals surface area contributed by atoms with Crippen LogP contribution in [-0.4, -0.2) is 13.1 Å². The van der Waals surface area contributed by atoms with Gasteiger partial charge in [-0.1, -0.05) is 61.8 Å². The Labute approximate surface area is 132 Å². The summed E-state index contributed by atoms with van der Waals surface area (Å²) in [6.45, 7) is 6.52. The number of rotatable bonds is 4. The number of hydrogen-bond acceptors (Lipinski definition) is 1. The highest BCUT2D eigenvalue weighted by Crippen LogP contribution is 2.34. The van der Waals surface area contributed by atoms with Crippen LogP contribution in [0.4, 0.5) is 0 Å². The molecule has 2 heteroatoms. The van der Waals surface area contributed by atoms with E-state index < -0.39 is 0 Å². The minimum Gasteiger partial charge on any atom is -0.315 e. The van der Waals surface area contributed by atoms with Crippen molar-refractivity contribution in [3.63, 3.8) is 0 Å². The van der Waals surface area contributed by atoms with Gasteiger partial charge in [-0.3, -0.25) is 0 Å². The lowest BCUT2D eigenvalue weighted by atomic mass is 9.71. The highest BCUT2D eigenvalue weighted by Gasteiger charge is 2.38. The van der Waals surface area contributed by atoms with Gasteiger partial charge in [-0.2, -0.15) is 0 Å². The van der Waals surface area contributed by atoms with E-state index in [4.69, 9.17) is 11.6 Å². The third-order valence-electron chi connectivity index (χ3n) is 4.55. The van der Waals surface area contributed by atoms with Crippen LogP contribution in [0, 0.1) is 0 Å². The summed E-state index contributed by atoms with van der Waals surface area (Å²) in [4.78, 5) is 0. The second-order valence-electron chi connectivity index (χ2n) is 6.47. The van der Waals surface area contributed by atoms with E-state index in [2.05, 4.69) is 61.6 Å². The topological polar surface area (TPSA) is 12.0 Å². The first-order chi connectivity index (χ1) is 10.1. The van der Waals surface area contributed by atoms with Gasteiger partial charge in [0.2, 0.25) is 0 Å². The van der Waals surface area contributed by atoms with Crippen molar-refractivity contribution in [1.29, 1.82) is 0 Å². The Morgan fingerprint density at radius 3 is 2.33 bits per heavy atom. The quantitative estimate of drug-likeness (QED) is 0.873. The van der Waals surface area contributed by atoms with Crippen LogP contribution in [0.15, 0.2) is 48.5 Å². The molecule has 0 bridgehead atoms. The molecule has 0 aliphatic carbocycles. The molecule has 0 radical (unpaired) electrons. The van der Waals surface area contributed by atoms with E-state index in [-0.39, 0.29) is 5.41 Å². The van der Waals surface area contributed by atoms with Crippen molar-refractivity contribution in [1.82, 2.24) is 5.32 Å². The molecule has 1 aliphatic rings. The van der Waals surface area contributed by atoms with Crippen molar-refractivity contribution in [2.75, 3.05) is 13.1 Å². The molecule has 3 rings (SSSR count). The Kier molecular flexibility index (Phi) is 4.05. The van der Waals surface area contributed by atoms with Crippen LogP contribution in [0.2, 0.25) is 5.02 Å². The van der Waals surface area contributed by atoms with E-state index in [0.29, 0.717) is 5.92 Å². The molecule has 1 heterocycles. The fourth-order valence-corrected chi connectivity index (χ4v) is 3.28. The van der Waals surface area contributed by atoms with Gasteiger partial charge < -0.3 is 5.32 Å². The molecular weight excluding hydrogens is 278 g/mol. The van der Waals surface area contributed by atoms with Gasteiger partial charge in [0.25, 0.3) is 0 Å². The molecule has 2 aromatic carbocycles. The first-order valence-corrected chi connectivity index (χ1v) is 8.02. The first kappa shape index (κ1) is 14.6. The number of benzene rings is 2. The van der Waals surface area contributed by atoms with Gasteiger partial charge in [0.1, 0.15) is 0 Å². The summed E-state index contributed by atoms with van der Waals surface area (Å²) < 4.78 is 0. The molecule has 0 saturated carbocycles. The summed E-state index contributed by atoms with van der Waals surface area (Å²) in [5, 5.41) is 4.25. The summed E-state index contributed by atoms with van der Waals surface area (Å²) in [7, 11) is 0. The molecule has 1 fully saturated rings. The van der Waals surface area contributed by atoms with Crippen LogP contribution in [0.3, 0.4) is 0 Å². The van der Waals surface area contributed by atoms with Gasteiger partial charge in [-0.05, 0) is 41.2 Å². The smallest absolute Gasteiger partial charge is 0.0408 e. The van der Waals surface area contributed by atoms with Gasteiger partial charge in [0, 0.05) is 23.5 Å². The second kappa shape index (κ2) is 5.82. The Hall–Kier alpha value is -1.31. The lowest BCUT2D eigenvalue weighted by molar-refractivity contribution is 0.275. The maximum atomic E-state index is 6.17. The van der Waals surface area contributed by atoms with Crippen LogP contribution in [0.1, 0.15) is 36.5 Å². The summed E-state index contributed by atoms with van der Waals surface area (Å²) in [6, 6.07) is 17.4. The SMILES string of the molecule is CC(C)c1ccc(CC2(c3cccc(Cl)c3)CNC2)cc1. The van der Waals surface area contributed by atoms with Gasteiger partial charge in [-0.15, -0.1) is 0 Å². The van der Waals surface area contributed by atoms with E-state index in [9.17, 15) is 0 Å². The van der Waals surface area contributed by atoms with Crippen LogP contribution >= 0.6 is 11.6 Å². The molecule has 21 heavy (non-hydrogen) atoms. The Balaban J connectivity index is 1.84. The van der Waals surface area contributed by atoms with Gasteiger partial charge in [-0.25, -0.2) is 0 Å². The zero-order valence-electron chi connectivity index (χ0n) is 12.7. The lowest BCUT2D eigenvalue weighted by Gasteiger charge is -2.43. The molecule has 0 aromatic heterocycles. The summed E-state index contributed by atoms with van der Waals surface area (Å²) in [6.07, 6.45) is 1.07. The molecule has 0 amide bonds. The average Bonchev–Trinajstić information content (AvgIpc) is 2.43. The second-order valence-corrected chi connectivity index (χ2v) is 6.90. The Bertz CT molecular complexity index is 612. The van der Waals surface area contributed by atoms with Crippen molar-refractivity contribution in [3.05, 3.63) is 70.2 Å². The summed E-state index contributed by atoms with van der Waals surface area (Å²) in [5.74, 6) is 0.589. The van der Waals surface area contributed by atoms with Crippen molar-refractivity contribution < 1.29 is 0 Å². The largest absolute Gasteiger partial charge is 0.315 e. The van der Waals surface area contributed by atoms with E-state index in [1.807, 2.05) is 6.07 Å². The average molecular weight is 300 g/mol. The molecule has 0 unspecified atom stereocenters. The maximum Gasteiger partial charge on any atom is 0.0408 e. The van der Waals surface area contributed by atoms with E-state index in [1.54, 1.807) is 0 Å². The van der Waals surface area contributed by atoms with Crippen LogP contribution in [0.5, 0.6) is 0 Å². The highest BCUT2D eigenvalue weighted by molar-refractivity contribution is 6.30. The fourth-order valence-electron chi connectivity index (χ4n) is 3.09. The third-order valence-corrected chi connectivity index (χ3v) is 4.79. The Morgan fingerprint density at radius 2 is 1.81 bits per heavy atom. The number of halogens is 1. The van der Waals surface area contributed by atoms with Crippen molar-refractivity contribution in [2.24, 2.45) is 0 Å². The standard InChI is InChI=1S/C19H22ClN/c1-14(2)16-8-6-15(7-9-16)11-19(12-21-13-19)17-4-3-5-18(20)10-17/h3-10,14,21H,11-13H2,1-2H3. The molecule has 1 nitrogen and oxygen atoms in total. The lowest BCUT2D eigenvalue weighted by Crippen LogP contribution is -2.58. The minimum atomic E-state index is 0.199. The van der Waals surface area contributed by atoms with Gasteiger partial charge in [0.05, 0.1) is 0 Å². The van der Waals surface area contributed by atoms with E-state index >= 15 is 0 Å². The summed E-state index contributed by atoms with van der Waals surface area (Å²) in [5.41, 5.74) is 4.36. The zero-order valence-corrected chi connectivity index (χ0v) is 13.5. The molecule has 1 aliphatic heterocycles. The highest BCUT2D eigenvalue weighted by atomic mass is 35.5. The van der Waals surface area contributed by atoms with Crippen LogP contribution < -0.4 is 5.32 Å². The number of hydrogen-bond donors (Lipinski definition) is 1. The molecule has 0 atom stereocenters. The van der Waals surface area contributed by atoms with Crippen LogP contribution in [-0.2, 0) is 11.8 Å². The van der Waals surface area contributed by atoms with Gasteiger partial charge in [0.15, 0.2) is 0 Å². The zero-order chi connectivity index (χ0) is 14.9. The molecular formula is C19H22ClN. The summed E-state index contributed by atoms with van der Waals surface area (Å²) >= 11 is 6.17. The van der Waals surface area contributed by atoms with Crippen molar-refractivity contribution in [2.45, 2.75) is 31.6 Å². The third kappa shape index (κ3) is 3.00. The monoisotopic (exact) mass is 299 g/mol. The van der Waals surface area contributed by atoms with Crippen molar-refractivity contribution >= 4 is 11.6 Å². The molecule has 2 aromatic rings. The molecule has 110 valence electrons.